The van der Waals surface area contributed by atoms with Crippen LogP contribution in [0.2, 0.25) is 0 Å². The molecule has 6 heteroatoms. The van der Waals surface area contributed by atoms with Gasteiger partial charge in [0.25, 0.3) is 0 Å². The second-order valence-corrected chi connectivity index (χ2v) is 10.0. The first kappa shape index (κ1) is 20.7. The lowest BCUT2D eigenvalue weighted by Gasteiger charge is -2.35. The van der Waals surface area contributed by atoms with Crippen molar-refractivity contribution in [2.75, 3.05) is 18.0 Å². The molecular formula is C27H30N4O2. The summed E-state index contributed by atoms with van der Waals surface area (Å²) in [6.45, 7) is 4.84. The number of rotatable bonds is 7. The van der Waals surface area contributed by atoms with Crippen LogP contribution < -0.4 is 4.90 Å². The Kier molecular flexibility index (Phi) is 5.13. The molecule has 2 saturated carbocycles. The van der Waals surface area contributed by atoms with Gasteiger partial charge >= 0.3 is 0 Å². The van der Waals surface area contributed by atoms with Crippen molar-refractivity contribution in [3.8, 4) is 0 Å². The Balaban J connectivity index is 1.09. The Morgan fingerprint density at radius 2 is 2.00 bits per heavy atom. The zero-order valence-corrected chi connectivity index (χ0v) is 19.2. The number of hydrogen-bond acceptors (Lipinski definition) is 6. The zero-order chi connectivity index (χ0) is 22.5. The van der Waals surface area contributed by atoms with Gasteiger partial charge in [-0.1, -0.05) is 13.0 Å². The molecule has 1 aliphatic heterocycles. The van der Waals surface area contributed by atoms with E-state index in [-0.39, 0.29) is 11.6 Å². The van der Waals surface area contributed by atoms with Crippen molar-refractivity contribution in [3.05, 3.63) is 58.7 Å². The van der Waals surface area contributed by atoms with Gasteiger partial charge in [0.2, 0.25) is 0 Å². The molecular weight excluding hydrogens is 412 g/mol. The lowest BCUT2D eigenvalue weighted by atomic mass is 9.92. The Morgan fingerprint density at radius 3 is 2.76 bits per heavy atom. The van der Waals surface area contributed by atoms with Crippen LogP contribution in [0.4, 0.5) is 5.69 Å². The van der Waals surface area contributed by atoms with Crippen LogP contribution in [0.5, 0.6) is 0 Å². The van der Waals surface area contributed by atoms with Crippen molar-refractivity contribution < 1.29 is 9.59 Å². The number of carbonyl (C=O) groups excluding carboxylic acids is 2. The van der Waals surface area contributed by atoms with Crippen molar-refractivity contribution in [2.45, 2.75) is 64.1 Å². The first-order valence-corrected chi connectivity index (χ1v) is 12.3. The van der Waals surface area contributed by atoms with E-state index in [4.69, 9.17) is 0 Å². The summed E-state index contributed by atoms with van der Waals surface area (Å²) in [6, 6.07) is 7.20. The summed E-state index contributed by atoms with van der Waals surface area (Å²) in [6.07, 6.45) is 11.2. The molecule has 6 rings (SSSR count). The molecule has 0 N–H and O–H groups in total. The number of Topliss-reactive ketones (excluding diaryl/α,β-unsaturated/α-hetero) is 2. The quantitative estimate of drug-likeness (QED) is 0.607. The molecule has 0 amide bonds. The fourth-order valence-corrected chi connectivity index (χ4v) is 5.38. The number of hydrogen-bond donors (Lipinski definition) is 0. The molecule has 1 saturated heterocycles. The predicted molar refractivity (Wildman–Crippen MR) is 127 cm³/mol. The van der Waals surface area contributed by atoms with Gasteiger partial charge in [-0.2, -0.15) is 0 Å². The average molecular weight is 443 g/mol. The largest absolute Gasteiger partial charge is 0.364 e. The molecule has 0 bridgehead atoms. The number of allylic oxidation sites excluding steroid dienone is 1. The minimum absolute atomic E-state index is 0.180. The van der Waals surface area contributed by atoms with Gasteiger partial charge in [0, 0.05) is 50.8 Å². The van der Waals surface area contributed by atoms with Crippen LogP contribution in [0.25, 0.3) is 6.08 Å². The Hall–Kier alpha value is -2.86. The van der Waals surface area contributed by atoms with Crippen LogP contribution in [-0.2, 0) is 17.8 Å². The summed E-state index contributed by atoms with van der Waals surface area (Å²) in [4.78, 5) is 38.7. The molecule has 0 spiro atoms. The van der Waals surface area contributed by atoms with E-state index < -0.39 is 0 Å². The molecule has 3 aliphatic carbocycles. The van der Waals surface area contributed by atoms with Crippen LogP contribution in [0, 0.1) is 5.92 Å². The number of aromatic nitrogens is 2. The fourth-order valence-electron chi connectivity index (χ4n) is 5.38. The van der Waals surface area contributed by atoms with Crippen LogP contribution in [-0.4, -0.2) is 51.6 Å². The standard InChI is InChI=1S/C27H30N4O2/c1-2-19-11-23-20(12-26(19)32)9-18(14-28-23)16-30-7-8-31(25-13-24(25)30)21-5-6-22(29-15-21)27(33)10-17-3-4-17/h5-6,9,11,14-15,17,24-25H,2-4,7-8,10,12-13,16H2,1H3/t24-,25+/m0/s1. The maximum atomic E-state index is 12.3. The molecule has 4 aliphatic rings. The summed E-state index contributed by atoms with van der Waals surface area (Å²) in [5.74, 6) is 1.00. The second-order valence-electron chi connectivity index (χ2n) is 10.0. The SMILES string of the molecule is CCC1=Cc2ncc(CN3CCN(c4ccc(C(=O)CC5CC5)nc4)[C@@H]4C[C@@H]43)cc2CC1=O. The fraction of sp³-hybridized carbons (Fsp3) is 0.481. The van der Waals surface area contributed by atoms with Gasteiger partial charge in [0.1, 0.15) is 5.69 Å². The van der Waals surface area contributed by atoms with E-state index >= 15 is 0 Å². The summed E-state index contributed by atoms with van der Waals surface area (Å²) in [7, 11) is 0. The van der Waals surface area contributed by atoms with Crippen molar-refractivity contribution in [1.29, 1.82) is 0 Å². The molecule has 2 aromatic heterocycles. The van der Waals surface area contributed by atoms with Gasteiger partial charge < -0.3 is 4.90 Å². The number of nitrogens with zero attached hydrogens (tertiary/aromatic N) is 4. The first-order valence-electron chi connectivity index (χ1n) is 12.3. The van der Waals surface area contributed by atoms with Gasteiger partial charge in [0.15, 0.2) is 11.6 Å². The highest BCUT2D eigenvalue weighted by Crippen LogP contribution is 2.40. The van der Waals surface area contributed by atoms with Crippen molar-refractivity contribution in [1.82, 2.24) is 14.9 Å². The summed E-state index contributed by atoms with van der Waals surface area (Å²) in [5, 5.41) is 0. The van der Waals surface area contributed by atoms with E-state index in [1.54, 1.807) is 0 Å². The van der Waals surface area contributed by atoms with E-state index in [9.17, 15) is 9.59 Å². The maximum absolute atomic E-state index is 12.3. The molecule has 2 aromatic rings. The summed E-state index contributed by atoms with van der Waals surface area (Å²) < 4.78 is 0. The first-order chi connectivity index (χ1) is 16.1. The van der Waals surface area contributed by atoms with Crippen LogP contribution in [0.3, 0.4) is 0 Å². The highest BCUT2D eigenvalue weighted by molar-refractivity contribution is 6.03. The Morgan fingerprint density at radius 1 is 1.12 bits per heavy atom. The van der Waals surface area contributed by atoms with Crippen molar-refractivity contribution in [2.24, 2.45) is 5.92 Å². The summed E-state index contributed by atoms with van der Waals surface area (Å²) in [5.41, 5.74) is 5.82. The highest BCUT2D eigenvalue weighted by atomic mass is 16.1. The Labute approximate surface area is 194 Å². The molecule has 2 atom stereocenters. The van der Waals surface area contributed by atoms with Crippen LogP contribution in [0.1, 0.15) is 66.3 Å². The number of fused-ring (bicyclic) bond motifs is 2. The number of pyridine rings is 2. The molecule has 170 valence electrons. The maximum Gasteiger partial charge on any atom is 0.181 e. The summed E-state index contributed by atoms with van der Waals surface area (Å²) >= 11 is 0. The van der Waals surface area contributed by atoms with E-state index in [0.717, 1.165) is 55.0 Å². The molecule has 3 heterocycles. The third-order valence-corrected chi connectivity index (χ3v) is 7.60. The monoisotopic (exact) mass is 442 g/mol. The average Bonchev–Trinajstić information content (AvgIpc) is 3.74. The van der Waals surface area contributed by atoms with E-state index in [2.05, 4.69) is 31.9 Å². The predicted octanol–water partition coefficient (Wildman–Crippen LogP) is 3.84. The van der Waals surface area contributed by atoms with E-state index in [1.807, 2.05) is 31.5 Å². The molecule has 3 fully saturated rings. The van der Waals surface area contributed by atoms with Gasteiger partial charge in [-0.3, -0.25) is 24.5 Å². The topological polar surface area (TPSA) is 66.4 Å². The number of carbonyl (C=O) groups is 2. The molecule has 6 nitrogen and oxygen atoms in total. The number of anilines is 1. The van der Waals surface area contributed by atoms with Crippen LogP contribution >= 0.6 is 0 Å². The van der Waals surface area contributed by atoms with Crippen molar-refractivity contribution in [3.63, 3.8) is 0 Å². The van der Waals surface area contributed by atoms with Crippen molar-refractivity contribution >= 4 is 23.3 Å². The lowest BCUT2D eigenvalue weighted by molar-refractivity contribution is -0.115. The second kappa shape index (κ2) is 8.17. The minimum atomic E-state index is 0.180. The van der Waals surface area contributed by atoms with Gasteiger partial charge in [-0.05, 0) is 66.5 Å². The van der Waals surface area contributed by atoms with E-state index in [0.29, 0.717) is 36.5 Å². The third-order valence-electron chi connectivity index (χ3n) is 7.60. The smallest absolute Gasteiger partial charge is 0.181 e. The normalized spacial score (nSPS) is 24.2. The Bertz CT molecular complexity index is 1140. The molecule has 33 heavy (non-hydrogen) atoms. The van der Waals surface area contributed by atoms with Gasteiger partial charge in [0.05, 0.1) is 17.6 Å². The number of piperazine rings is 1. The van der Waals surface area contributed by atoms with E-state index in [1.165, 1.54) is 18.4 Å². The van der Waals surface area contributed by atoms with Gasteiger partial charge in [-0.15, -0.1) is 0 Å². The van der Waals surface area contributed by atoms with Gasteiger partial charge in [-0.25, -0.2) is 0 Å². The molecule has 0 radical (unpaired) electrons. The lowest BCUT2D eigenvalue weighted by Crippen LogP contribution is -2.46. The molecule has 0 unspecified atom stereocenters. The van der Waals surface area contributed by atoms with Crippen LogP contribution in [0.15, 0.2) is 36.2 Å². The number of ketones is 2. The molecule has 0 aromatic carbocycles. The highest BCUT2D eigenvalue weighted by Gasteiger charge is 2.49. The third kappa shape index (κ3) is 4.12. The zero-order valence-electron chi connectivity index (χ0n) is 19.2. The minimum Gasteiger partial charge on any atom is -0.364 e.